The standard InChI is InChI=1S/C20H21ClN2O3/c1-23(13-18(24)22-16-4-3-5-17(12-16)26-2)19(25)20(10-11-20)14-6-8-15(21)9-7-14/h3-9,12H,10-11,13H2,1-2H3,(H,22,24). The number of rotatable bonds is 6. The predicted molar refractivity (Wildman–Crippen MR) is 102 cm³/mol. The highest BCUT2D eigenvalue weighted by Gasteiger charge is 2.52. The van der Waals surface area contributed by atoms with Crippen LogP contribution in [0.5, 0.6) is 5.75 Å². The van der Waals surface area contributed by atoms with E-state index >= 15 is 0 Å². The van der Waals surface area contributed by atoms with E-state index in [0.717, 1.165) is 18.4 Å². The van der Waals surface area contributed by atoms with E-state index in [4.69, 9.17) is 16.3 Å². The van der Waals surface area contributed by atoms with E-state index in [1.54, 1.807) is 50.6 Å². The fourth-order valence-electron chi connectivity index (χ4n) is 3.07. The quantitative estimate of drug-likeness (QED) is 0.844. The molecule has 0 radical (unpaired) electrons. The molecule has 3 rings (SSSR count). The fourth-order valence-corrected chi connectivity index (χ4v) is 3.20. The number of carbonyl (C=O) groups is 2. The van der Waals surface area contributed by atoms with Crippen LogP contribution in [0.15, 0.2) is 48.5 Å². The molecule has 0 unspecified atom stereocenters. The summed E-state index contributed by atoms with van der Waals surface area (Å²) in [6.07, 6.45) is 1.57. The highest BCUT2D eigenvalue weighted by molar-refractivity contribution is 6.30. The van der Waals surface area contributed by atoms with Gasteiger partial charge in [-0.3, -0.25) is 9.59 Å². The zero-order valence-electron chi connectivity index (χ0n) is 14.8. The Morgan fingerprint density at radius 2 is 1.88 bits per heavy atom. The Balaban J connectivity index is 1.63. The Morgan fingerprint density at radius 3 is 2.50 bits per heavy atom. The molecule has 0 heterocycles. The van der Waals surface area contributed by atoms with Crippen molar-refractivity contribution in [2.24, 2.45) is 0 Å². The Hall–Kier alpha value is -2.53. The molecule has 136 valence electrons. The number of nitrogens with one attached hydrogen (secondary N) is 1. The van der Waals surface area contributed by atoms with Gasteiger partial charge in [-0.25, -0.2) is 0 Å². The Bertz CT molecular complexity index is 816. The zero-order chi connectivity index (χ0) is 18.7. The average Bonchev–Trinajstić information content (AvgIpc) is 3.43. The number of methoxy groups -OCH3 is 1. The molecule has 1 aliphatic rings. The van der Waals surface area contributed by atoms with Crippen molar-refractivity contribution < 1.29 is 14.3 Å². The highest BCUT2D eigenvalue weighted by atomic mass is 35.5. The van der Waals surface area contributed by atoms with Gasteiger partial charge in [0.1, 0.15) is 5.75 Å². The van der Waals surface area contributed by atoms with E-state index in [0.29, 0.717) is 16.5 Å². The lowest BCUT2D eigenvalue weighted by atomic mass is 9.94. The number of halogens is 1. The van der Waals surface area contributed by atoms with Gasteiger partial charge in [-0.1, -0.05) is 29.8 Å². The zero-order valence-corrected chi connectivity index (χ0v) is 15.5. The second kappa shape index (κ2) is 7.38. The first-order chi connectivity index (χ1) is 12.4. The molecule has 1 fully saturated rings. The number of anilines is 1. The van der Waals surface area contributed by atoms with Gasteiger partial charge in [-0.05, 0) is 42.7 Å². The van der Waals surface area contributed by atoms with Crippen molar-refractivity contribution in [3.8, 4) is 5.75 Å². The van der Waals surface area contributed by atoms with Gasteiger partial charge in [-0.15, -0.1) is 0 Å². The number of hydrogen-bond acceptors (Lipinski definition) is 3. The summed E-state index contributed by atoms with van der Waals surface area (Å²) < 4.78 is 5.14. The highest BCUT2D eigenvalue weighted by Crippen LogP contribution is 2.49. The van der Waals surface area contributed by atoms with E-state index in [1.807, 2.05) is 12.1 Å². The van der Waals surface area contributed by atoms with Gasteiger partial charge in [-0.2, -0.15) is 0 Å². The predicted octanol–water partition coefficient (Wildman–Crippen LogP) is 3.48. The third-order valence-corrected chi connectivity index (χ3v) is 4.89. The van der Waals surface area contributed by atoms with Crippen molar-refractivity contribution in [1.29, 1.82) is 0 Å². The second-order valence-electron chi connectivity index (χ2n) is 6.53. The van der Waals surface area contributed by atoms with Crippen LogP contribution in [0.1, 0.15) is 18.4 Å². The van der Waals surface area contributed by atoms with Gasteiger partial charge in [0.25, 0.3) is 0 Å². The molecule has 0 aromatic heterocycles. The van der Waals surface area contributed by atoms with Crippen LogP contribution in [0.4, 0.5) is 5.69 Å². The van der Waals surface area contributed by atoms with Crippen LogP contribution in [-0.2, 0) is 15.0 Å². The molecule has 0 atom stereocenters. The van der Waals surface area contributed by atoms with Crippen molar-refractivity contribution in [3.05, 3.63) is 59.1 Å². The van der Waals surface area contributed by atoms with Crippen LogP contribution < -0.4 is 10.1 Å². The first kappa shape index (κ1) is 18.3. The van der Waals surface area contributed by atoms with Gasteiger partial charge in [0, 0.05) is 23.8 Å². The molecule has 0 aliphatic heterocycles. The van der Waals surface area contributed by atoms with Crippen LogP contribution in [0, 0.1) is 0 Å². The average molecular weight is 373 g/mol. The lowest BCUT2D eigenvalue weighted by molar-refractivity contribution is -0.135. The van der Waals surface area contributed by atoms with Gasteiger partial charge in [0.15, 0.2) is 0 Å². The minimum Gasteiger partial charge on any atom is -0.497 e. The van der Waals surface area contributed by atoms with Crippen molar-refractivity contribution in [1.82, 2.24) is 4.90 Å². The first-order valence-corrected chi connectivity index (χ1v) is 8.78. The number of likely N-dealkylation sites (N-methyl/N-ethyl adjacent to an activating group) is 1. The first-order valence-electron chi connectivity index (χ1n) is 8.40. The third kappa shape index (κ3) is 3.83. The topological polar surface area (TPSA) is 58.6 Å². The van der Waals surface area contributed by atoms with Gasteiger partial charge >= 0.3 is 0 Å². The van der Waals surface area contributed by atoms with Gasteiger partial charge < -0.3 is 15.0 Å². The van der Waals surface area contributed by atoms with Crippen LogP contribution >= 0.6 is 11.6 Å². The molecular weight excluding hydrogens is 352 g/mol. The van der Waals surface area contributed by atoms with E-state index in [1.165, 1.54) is 4.90 Å². The van der Waals surface area contributed by atoms with Crippen LogP contribution in [0.3, 0.4) is 0 Å². The smallest absolute Gasteiger partial charge is 0.243 e. The summed E-state index contributed by atoms with van der Waals surface area (Å²) in [7, 11) is 3.22. The van der Waals surface area contributed by atoms with E-state index in [2.05, 4.69) is 5.32 Å². The minimum absolute atomic E-state index is 0.00855. The number of ether oxygens (including phenoxy) is 1. The van der Waals surface area contributed by atoms with Crippen molar-refractivity contribution in [2.75, 3.05) is 26.0 Å². The Labute approximate surface area is 157 Å². The third-order valence-electron chi connectivity index (χ3n) is 4.64. The number of amides is 2. The molecule has 2 aromatic carbocycles. The van der Waals surface area contributed by atoms with E-state index in [-0.39, 0.29) is 18.4 Å². The molecule has 1 aliphatic carbocycles. The van der Waals surface area contributed by atoms with Crippen LogP contribution in [-0.4, -0.2) is 37.4 Å². The summed E-state index contributed by atoms with van der Waals surface area (Å²) in [6, 6.07) is 14.5. The fraction of sp³-hybridized carbons (Fsp3) is 0.300. The minimum atomic E-state index is -0.518. The molecule has 0 saturated heterocycles. The lowest BCUT2D eigenvalue weighted by Gasteiger charge is -2.23. The second-order valence-corrected chi connectivity index (χ2v) is 6.97. The molecule has 1 saturated carbocycles. The monoisotopic (exact) mass is 372 g/mol. The molecular formula is C20H21ClN2O3. The number of hydrogen-bond donors (Lipinski definition) is 1. The molecule has 26 heavy (non-hydrogen) atoms. The van der Waals surface area contributed by atoms with Gasteiger partial charge in [0.05, 0.1) is 19.1 Å². The molecule has 0 spiro atoms. The SMILES string of the molecule is COc1cccc(NC(=O)CN(C)C(=O)C2(c3ccc(Cl)cc3)CC2)c1. The largest absolute Gasteiger partial charge is 0.497 e. The molecule has 6 heteroatoms. The van der Waals surface area contributed by atoms with Crippen molar-refractivity contribution in [2.45, 2.75) is 18.3 Å². The summed E-state index contributed by atoms with van der Waals surface area (Å²) in [5.41, 5.74) is 1.07. The number of benzene rings is 2. The van der Waals surface area contributed by atoms with E-state index < -0.39 is 5.41 Å². The maximum Gasteiger partial charge on any atom is 0.243 e. The van der Waals surface area contributed by atoms with E-state index in [9.17, 15) is 9.59 Å². The van der Waals surface area contributed by atoms with Crippen molar-refractivity contribution >= 4 is 29.1 Å². The number of nitrogens with zero attached hydrogens (tertiary/aromatic N) is 1. The maximum atomic E-state index is 12.9. The Morgan fingerprint density at radius 1 is 1.19 bits per heavy atom. The maximum absolute atomic E-state index is 12.9. The summed E-state index contributed by atoms with van der Waals surface area (Å²) in [4.78, 5) is 26.7. The molecule has 5 nitrogen and oxygen atoms in total. The summed E-state index contributed by atoms with van der Waals surface area (Å²) in [6.45, 7) is -0.00855. The molecule has 0 bridgehead atoms. The number of carbonyl (C=O) groups excluding carboxylic acids is 2. The lowest BCUT2D eigenvalue weighted by Crippen LogP contribution is -2.41. The Kier molecular flexibility index (Phi) is 5.18. The molecule has 2 amide bonds. The van der Waals surface area contributed by atoms with Crippen LogP contribution in [0.2, 0.25) is 5.02 Å². The summed E-state index contributed by atoms with van der Waals surface area (Å²) in [5.74, 6) is 0.369. The molecule has 2 aromatic rings. The van der Waals surface area contributed by atoms with Crippen LogP contribution in [0.25, 0.3) is 0 Å². The summed E-state index contributed by atoms with van der Waals surface area (Å²) in [5, 5.41) is 3.43. The normalized spacial score (nSPS) is 14.4. The van der Waals surface area contributed by atoms with Crippen molar-refractivity contribution in [3.63, 3.8) is 0 Å². The summed E-state index contributed by atoms with van der Waals surface area (Å²) >= 11 is 5.93. The van der Waals surface area contributed by atoms with Gasteiger partial charge in [0.2, 0.25) is 11.8 Å². The molecule has 1 N–H and O–H groups in total.